The normalized spacial score (nSPS) is 28.5. The zero-order valence-corrected chi connectivity index (χ0v) is 23.3. The Morgan fingerprint density at radius 3 is 2.59 bits per heavy atom. The smallest absolute Gasteiger partial charge is 0.240 e. The van der Waals surface area contributed by atoms with Gasteiger partial charge in [-0.25, -0.2) is 4.90 Å². The highest BCUT2D eigenvalue weighted by Gasteiger charge is 2.77. The Kier molecular flexibility index (Phi) is 5.83. The third kappa shape index (κ3) is 3.57. The lowest BCUT2D eigenvalue weighted by Gasteiger charge is -2.33. The number of anilines is 1. The summed E-state index contributed by atoms with van der Waals surface area (Å²) in [4.78, 5) is 33.7. The van der Waals surface area contributed by atoms with Crippen molar-refractivity contribution in [2.75, 3.05) is 11.5 Å². The van der Waals surface area contributed by atoms with E-state index in [1.54, 1.807) is 61.7 Å². The summed E-state index contributed by atoms with van der Waals surface area (Å²) >= 11 is 12.8. The van der Waals surface area contributed by atoms with Crippen LogP contribution in [0.5, 0.6) is 5.75 Å². The third-order valence-corrected chi connectivity index (χ3v) is 9.49. The molecule has 1 aromatic heterocycles. The Morgan fingerprint density at radius 1 is 1.07 bits per heavy atom. The molecule has 8 nitrogen and oxygen atoms in total. The molecular formula is C31H23Cl2N3O5. The van der Waals surface area contributed by atoms with E-state index in [1.165, 1.54) is 4.90 Å². The Morgan fingerprint density at radius 2 is 1.80 bits per heavy atom. The molecule has 0 unspecified atom stereocenters. The molecule has 0 saturated carbocycles. The molecule has 2 amide bonds. The highest BCUT2D eigenvalue weighted by molar-refractivity contribution is 6.39. The largest absolute Gasteiger partial charge is 0.490 e. The second-order valence-electron chi connectivity index (χ2n) is 11.0. The standard InChI is InChI=1S/C31H23Cl2N3O5/c1-30-23(37)14-31(41-30,10-12-40-27-21(33)13-20(32)19-7-4-11-35-26(19)27)25-24(30)28(38)36(29(25)39)22-9-8-16(15-34)17-5-2-3-6-18(17)22/h2-9,11,13,23-25,37H,10,12,14H2,1H3/t23-,24-,25+,30-,31+/m0/s1. The molecule has 0 aliphatic carbocycles. The number of carbonyl (C=O) groups is 2. The van der Waals surface area contributed by atoms with Gasteiger partial charge in [-0.2, -0.15) is 5.26 Å². The van der Waals surface area contributed by atoms with E-state index < -0.39 is 35.0 Å². The van der Waals surface area contributed by atoms with Gasteiger partial charge in [0.15, 0.2) is 5.75 Å². The minimum absolute atomic E-state index is 0.0975. The number of benzene rings is 3. The van der Waals surface area contributed by atoms with E-state index >= 15 is 0 Å². The summed E-state index contributed by atoms with van der Waals surface area (Å²) in [6, 6.07) is 17.8. The zero-order chi connectivity index (χ0) is 28.7. The fraction of sp³-hybridized carbons (Fsp3) is 0.290. The van der Waals surface area contributed by atoms with Crippen LogP contribution in [0.15, 0.2) is 60.8 Å². The predicted octanol–water partition coefficient (Wildman–Crippen LogP) is 5.43. The summed E-state index contributed by atoms with van der Waals surface area (Å²) < 4.78 is 12.6. The van der Waals surface area contributed by atoms with Crippen molar-refractivity contribution in [1.29, 1.82) is 5.26 Å². The molecule has 3 aromatic carbocycles. The van der Waals surface area contributed by atoms with Crippen LogP contribution >= 0.6 is 23.2 Å². The van der Waals surface area contributed by atoms with Crippen molar-refractivity contribution in [3.63, 3.8) is 0 Å². The predicted molar refractivity (Wildman–Crippen MR) is 153 cm³/mol. The number of aromatic nitrogens is 1. The summed E-state index contributed by atoms with van der Waals surface area (Å²) in [5, 5.41) is 23.4. The highest BCUT2D eigenvalue weighted by Crippen LogP contribution is 2.62. The number of imide groups is 1. The van der Waals surface area contributed by atoms with Crippen molar-refractivity contribution in [2.45, 2.75) is 37.1 Å². The number of nitrogens with zero attached hydrogens (tertiary/aromatic N) is 3. The number of aliphatic hydroxyl groups excluding tert-OH is 1. The van der Waals surface area contributed by atoms with Gasteiger partial charge in [0.2, 0.25) is 11.8 Å². The summed E-state index contributed by atoms with van der Waals surface area (Å²) in [7, 11) is 0. The van der Waals surface area contributed by atoms with Gasteiger partial charge >= 0.3 is 0 Å². The quantitative estimate of drug-likeness (QED) is 0.309. The number of hydrogen-bond donors (Lipinski definition) is 1. The number of hydrogen-bond acceptors (Lipinski definition) is 7. The first-order chi connectivity index (χ1) is 19.7. The highest BCUT2D eigenvalue weighted by atomic mass is 35.5. The van der Waals surface area contributed by atoms with Gasteiger partial charge in [0, 0.05) is 35.2 Å². The molecule has 3 aliphatic rings. The fourth-order valence-corrected chi connectivity index (χ4v) is 7.62. The van der Waals surface area contributed by atoms with Gasteiger partial charge in [0.25, 0.3) is 0 Å². The van der Waals surface area contributed by atoms with Gasteiger partial charge in [0.05, 0.1) is 57.5 Å². The summed E-state index contributed by atoms with van der Waals surface area (Å²) in [6.45, 7) is 1.80. The van der Waals surface area contributed by atoms with Gasteiger partial charge in [0.1, 0.15) is 11.1 Å². The molecule has 4 heterocycles. The number of rotatable bonds is 5. The lowest BCUT2D eigenvalue weighted by Crippen LogP contribution is -2.49. The minimum Gasteiger partial charge on any atom is -0.490 e. The van der Waals surface area contributed by atoms with Crippen LogP contribution < -0.4 is 9.64 Å². The van der Waals surface area contributed by atoms with Crippen LogP contribution in [0.1, 0.15) is 25.3 Å². The molecule has 3 aliphatic heterocycles. The average Bonchev–Trinajstić information content (AvgIpc) is 3.50. The maximum absolute atomic E-state index is 14.1. The molecule has 2 bridgehead atoms. The SMILES string of the molecule is C[C@]12O[C@](CCOc3c(Cl)cc(Cl)c4cccnc34)(C[C@@H]1O)[C@H]1C(=O)N(c3ccc(C#N)c4ccccc34)C(=O)[C@H]12. The summed E-state index contributed by atoms with van der Waals surface area (Å²) in [6.07, 6.45) is 1.09. The molecule has 5 atom stereocenters. The molecule has 10 heteroatoms. The van der Waals surface area contributed by atoms with E-state index in [0.29, 0.717) is 48.7 Å². The fourth-order valence-electron chi connectivity index (χ4n) is 7.05. The Hall–Kier alpha value is -3.74. The number of halogens is 2. The van der Waals surface area contributed by atoms with Crippen molar-refractivity contribution in [1.82, 2.24) is 4.98 Å². The van der Waals surface area contributed by atoms with Crippen molar-refractivity contribution in [2.24, 2.45) is 11.8 Å². The van der Waals surface area contributed by atoms with Gasteiger partial charge in [-0.1, -0.05) is 47.5 Å². The molecule has 41 heavy (non-hydrogen) atoms. The van der Waals surface area contributed by atoms with Gasteiger partial charge in [-0.05, 0) is 37.3 Å². The van der Waals surface area contributed by atoms with Crippen LogP contribution in [0.2, 0.25) is 10.0 Å². The summed E-state index contributed by atoms with van der Waals surface area (Å²) in [5.41, 5.74) is -0.981. The average molecular weight is 588 g/mol. The number of nitriles is 1. The Labute approximate surface area is 245 Å². The van der Waals surface area contributed by atoms with Crippen LogP contribution in [0, 0.1) is 23.2 Å². The van der Waals surface area contributed by atoms with Crippen LogP contribution in [-0.2, 0) is 14.3 Å². The van der Waals surface area contributed by atoms with Gasteiger partial charge < -0.3 is 14.6 Å². The lowest BCUT2D eigenvalue weighted by atomic mass is 9.66. The monoisotopic (exact) mass is 587 g/mol. The maximum Gasteiger partial charge on any atom is 0.240 e. The molecule has 3 saturated heterocycles. The van der Waals surface area contributed by atoms with E-state index in [0.717, 1.165) is 0 Å². The van der Waals surface area contributed by atoms with Crippen LogP contribution in [0.4, 0.5) is 5.69 Å². The first kappa shape index (κ1) is 26.2. The summed E-state index contributed by atoms with van der Waals surface area (Å²) in [5.74, 6) is -2.12. The van der Waals surface area contributed by atoms with Gasteiger partial charge in [-0.15, -0.1) is 0 Å². The van der Waals surface area contributed by atoms with E-state index in [2.05, 4.69) is 11.1 Å². The van der Waals surface area contributed by atoms with Crippen molar-refractivity contribution >= 4 is 62.4 Å². The van der Waals surface area contributed by atoms with E-state index in [4.69, 9.17) is 32.7 Å². The molecule has 4 aromatic rings. The Balaban J connectivity index is 1.24. The van der Waals surface area contributed by atoms with Crippen LogP contribution in [0.25, 0.3) is 21.7 Å². The third-order valence-electron chi connectivity index (χ3n) is 8.90. The maximum atomic E-state index is 14.1. The second kappa shape index (κ2) is 9.13. The molecule has 3 fully saturated rings. The van der Waals surface area contributed by atoms with Crippen molar-refractivity contribution in [3.8, 4) is 11.8 Å². The van der Waals surface area contributed by atoms with Crippen LogP contribution in [0.3, 0.4) is 0 Å². The molecule has 7 rings (SSSR count). The van der Waals surface area contributed by atoms with E-state index in [-0.39, 0.29) is 25.4 Å². The number of aliphatic hydroxyl groups is 1. The van der Waals surface area contributed by atoms with Crippen molar-refractivity contribution < 1.29 is 24.2 Å². The molecule has 1 N–H and O–H groups in total. The molecule has 206 valence electrons. The number of ether oxygens (including phenoxy) is 2. The minimum atomic E-state index is -1.24. The lowest BCUT2D eigenvalue weighted by molar-refractivity contribution is -0.134. The van der Waals surface area contributed by atoms with E-state index in [1.807, 2.05) is 6.07 Å². The topological polar surface area (TPSA) is 113 Å². The first-order valence-corrected chi connectivity index (χ1v) is 14.0. The number of carbonyl (C=O) groups excluding carboxylic acids is 2. The molecular weight excluding hydrogens is 565 g/mol. The molecule has 0 spiro atoms. The molecule has 0 radical (unpaired) electrons. The number of amides is 2. The van der Waals surface area contributed by atoms with Crippen molar-refractivity contribution in [3.05, 3.63) is 76.4 Å². The number of pyridine rings is 1. The van der Waals surface area contributed by atoms with Crippen LogP contribution in [-0.4, -0.2) is 45.8 Å². The number of fused-ring (bicyclic) bond motifs is 7. The second-order valence-corrected chi connectivity index (χ2v) is 11.8. The Bertz CT molecular complexity index is 1840. The first-order valence-electron chi connectivity index (χ1n) is 13.2. The van der Waals surface area contributed by atoms with Gasteiger partial charge in [-0.3, -0.25) is 14.6 Å². The van der Waals surface area contributed by atoms with E-state index in [9.17, 15) is 20.0 Å². The zero-order valence-electron chi connectivity index (χ0n) is 21.8.